The predicted octanol–water partition coefficient (Wildman–Crippen LogP) is 29.7. The fourth-order valence-electron chi connectivity index (χ4n) is 18.6. The molecule has 0 spiro atoms. The zero-order valence-corrected chi connectivity index (χ0v) is 76.0. The van der Waals surface area contributed by atoms with Crippen LogP contribution in [0.15, 0.2) is 249 Å². The maximum Gasteiger partial charge on any atom is 0.252 e. The summed E-state index contributed by atoms with van der Waals surface area (Å²) in [5.74, 6) is 0. The van der Waals surface area contributed by atoms with Crippen molar-refractivity contribution in [2.24, 2.45) is 0 Å². The second-order valence-electron chi connectivity index (χ2n) is 43.9. The SMILES string of the molecule is CC(C)(C)c1cc(-c2ccccc2)c(N2c3cc(-n4c5ccc(C(C)(C)C)cc5c5cc(C(C)(C)C)ccc54)ccc3B3c4ccc(-n5c6ccc(C(C)(C)C)cc6c6cc(C(C)(C)C)ccc65)cc4N(c4c(-c5ccccc5)cc(C(C)(C)C)cc4-c4ccc(C(C)(C)C)nc4C(C)(C)C)c4cc(C(C)(C)C)cc2c43)c(-c2ccccc2)c1. The number of pyridine rings is 1. The molecule has 2 aliphatic rings. The fourth-order valence-corrected chi connectivity index (χ4v) is 18.6. The number of benzene rings is 12. The van der Waals surface area contributed by atoms with Crippen LogP contribution in [0.25, 0.3) is 99.5 Å². The van der Waals surface area contributed by atoms with Gasteiger partial charge in [-0.05, 0) is 225 Å². The van der Waals surface area contributed by atoms with Gasteiger partial charge in [-0.15, -0.1) is 0 Å². The molecule has 0 aliphatic carbocycles. The fraction of sp³-hybridized carbons (Fsp3) is 0.319. The zero-order valence-electron chi connectivity index (χ0n) is 76.0. The molecular weight excluding hydrogens is 1440 g/mol. The van der Waals surface area contributed by atoms with Crippen molar-refractivity contribution in [2.75, 3.05) is 9.80 Å². The van der Waals surface area contributed by atoms with Crippen LogP contribution in [0.3, 0.4) is 0 Å². The summed E-state index contributed by atoms with van der Waals surface area (Å²) in [6.45, 7) is 63.4. The van der Waals surface area contributed by atoms with Gasteiger partial charge in [0.25, 0.3) is 6.71 Å². The van der Waals surface area contributed by atoms with Gasteiger partial charge in [-0.25, -0.2) is 0 Å². The van der Waals surface area contributed by atoms with Crippen LogP contribution in [-0.4, -0.2) is 20.8 Å². The first kappa shape index (κ1) is 80.5. The molecule has 5 heterocycles. The smallest absolute Gasteiger partial charge is 0.252 e. The molecule has 0 unspecified atom stereocenters. The van der Waals surface area contributed by atoms with E-state index in [9.17, 15) is 0 Å². The van der Waals surface area contributed by atoms with Crippen molar-refractivity contribution in [2.45, 2.75) is 236 Å². The Hall–Kier alpha value is -10.9. The molecule has 0 saturated carbocycles. The van der Waals surface area contributed by atoms with E-state index in [1.54, 1.807) is 0 Å². The summed E-state index contributed by atoms with van der Waals surface area (Å²) in [5.41, 5.74) is 36.1. The highest BCUT2D eigenvalue weighted by Gasteiger charge is 2.47. The summed E-state index contributed by atoms with van der Waals surface area (Å²) in [4.78, 5) is 11.5. The van der Waals surface area contributed by atoms with Gasteiger partial charge in [0.15, 0.2) is 0 Å². The summed E-state index contributed by atoms with van der Waals surface area (Å²) < 4.78 is 5.17. The molecule has 0 bridgehead atoms. The number of aromatic nitrogens is 3. The number of hydrogen-bond acceptors (Lipinski definition) is 3. The summed E-state index contributed by atoms with van der Waals surface area (Å²) >= 11 is 0. The van der Waals surface area contributed by atoms with Gasteiger partial charge < -0.3 is 18.9 Å². The number of fused-ring (bicyclic) bond motifs is 10. The first-order chi connectivity index (χ1) is 55.7. The number of anilines is 6. The van der Waals surface area contributed by atoms with Crippen molar-refractivity contribution in [3.8, 4) is 55.9 Å². The van der Waals surface area contributed by atoms with E-state index in [1.807, 2.05) is 0 Å². The molecule has 3 aromatic heterocycles. The molecule has 0 amide bonds. The van der Waals surface area contributed by atoms with Crippen LogP contribution in [0.5, 0.6) is 0 Å². The Bertz CT molecular complexity index is 6370. The Balaban J connectivity index is 1.09. The summed E-state index contributed by atoms with van der Waals surface area (Å²) in [6, 6.07) is 98.4. The summed E-state index contributed by atoms with van der Waals surface area (Å²) in [5, 5.41) is 5.04. The molecule has 17 rings (SSSR count). The first-order valence-electron chi connectivity index (χ1n) is 43.5. The molecule has 0 fully saturated rings. The van der Waals surface area contributed by atoms with E-state index in [0.717, 1.165) is 90.3 Å². The van der Waals surface area contributed by atoms with Gasteiger partial charge in [0.05, 0.1) is 39.1 Å². The minimum Gasteiger partial charge on any atom is -0.310 e. The third-order valence-corrected chi connectivity index (χ3v) is 25.7. The van der Waals surface area contributed by atoms with Gasteiger partial charge in [0.1, 0.15) is 0 Å². The van der Waals surface area contributed by atoms with Crippen molar-refractivity contribution in [1.82, 2.24) is 14.1 Å². The molecule has 602 valence electrons. The lowest BCUT2D eigenvalue weighted by Gasteiger charge is -2.47. The molecular formula is C113H122BN5. The van der Waals surface area contributed by atoms with Crippen molar-refractivity contribution < 1.29 is 0 Å². The van der Waals surface area contributed by atoms with E-state index in [4.69, 9.17) is 4.98 Å². The Morgan fingerprint density at radius 3 is 0.840 bits per heavy atom. The quantitative estimate of drug-likeness (QED) is 0.142. The highest BCUT2D eigenvalue weighted by molar-refractivity contribution is 7.00. The Labute approximate surface area is 710 Å². The monoisotopic (exact) mass is 1560 g/mol. The van der Waals surface area contributed by atoms with Crippen LogP contribution in [0.1, 0.15) is 237 Å². The van der Waals surface area contributed by atoms with Gasteiger partial charge in [0, 0.05) is 100 Å². The molecule has 2 aliphatic heterocycles. The van der Waals surface area contributed by atoms with E-state index in [-0.39, 0.29) is 55.4 Å². The molecule has 0 N–H and O–H groups in total. The lowest BCUT2D eigenvalue weighted by atomic mass is 9.33. The van der Waals surface area contributed by atoms with E-state index in [0.29, 0.717) is 0 Å². The highest BCUT2D eigenvalue weighted by atomic mass is 15.2. The zero-order chi connectivity index (χ0) is 84.9. The second-order valence-corrected chi connectivity index (χ2v) is 43.9. The maximum absolute atomic E-state index is 5.92. The lowest BCUT2D eigenvalue weighted by Crippen LogP contribution is -2.61. The number of rotatable bonds is 8. The van der Waals surface area contributed by atoms with Gasteiger partial charge in [-0.1, -0.05) is 320 Å². The van der Waals surface area contributed by atoms with E-state index >= 15 is 0 Å². The van der Waals surface area contributed by atoms with Crippen LogP contribution in [0.4, 0.5) is 34.1 Å². The standard InChI is InChI=1S/C113H122BN5/c1-105(2,3)72-43-52-92-85(57-72)86-58-73(106(4,5)6)44-53-93(86)116(92)79-47-50-90-96(67-79)118(102-82(69-37-31-28-32-38-69)61-76(109(13,14)15)62-83(102)70-39-33-29-34-40-70)98-65-78(111(19,20)21)66-99-101(98)114(90)91-51-48-80(117-94-54-45-74(107(7,8)9)59-87(94)88-60-75(108(10,11)12)46-55-95(88)117)68-97(91)119(99)103-84(71-41-35-30-36-42-71)63-77(110(16,17)18)64-89(103)81-49-56-100(112(22,23)24)115-104(81)113(25,26)27/h28-68H,1-27H3. The average molecular weight is 1560 g/mol. The van der Waals surface area contributed by atoms with E-state index in [2.05, 4.69) is 455 Å². The highest BCUT2D eigenvalue weighted by Crippen LogP contribution is 2.57. The van der Waals surface area contributed by atoms with E-state index < -0.39 is 0 Å². The normalized spacial score (nSPS) is 13.8. The molecule has 15 aromatic rings. The minimum absolute atomic E-state index is 0.0720. The molecule has 0 saturated heterocycles. The van der Waals surface area contributed by atoms with Crippen LogP contribution in [0, 0.1) is 0 Å². The average Bonchev–Trinajstić information content (AvgIpc) is 1.60. The third-order valence-electron chi connectivity index (χ3n) is 25.7. The predicted molar refractivity (Wildman–Crippen MR) is 517 cm³/mol. The van der Waals surface area contributed by atoms with Crippen molar-refractivity contribution >= 4 is 101 Å². The van der Waals surface area contributed by atoms with Crippen molar-refractivity contribution in [3.63, 3.8) is 0 Å². The molecule has 0 atom stereocenters. The Morgan fingerprint density at radius 2 is 0.538 bits per heavy atom. The lowest BCUT2D eigenvalue weighted by molar-refractivity contribution is 0.532. The maximum atomic E-state index is 5.92. The number of nitrogens with zero attached hydrogens (tertiary/aromatic N) is 5. The molecule has 6 heteroatoms. The van der Waals surface area contributed by atoms with Gasteiger partial charge in [-0.3, -0.25) is 4.98 Å². The summed E-state index contributed by atoms with van der Waals surface area (Å²) in [7, 11) is 0. The third kappa shape index (κ3) is 14.0. The molecule has 5 nitrogen and oxygen atoms in total. The molecule has 0 radical (unpaired) electrons. The Kier molecular flexibility index (Phi) is 18.8. The Morgan fingerprint density at radius 1 is 0.235 bits per heavy atom. The largest absolute Gasteiger partial charge is 0.310 e. The van der Waals surface area contributed by atoms with E-state index in [1.165, 1.54) is 110 Å². The minimum atomic E-state index is -0.377. The van der Waals surface area contributed by atoms with Crippen LogP contribution in [-0.2, 0) is 48.7 Å². The van der Waals surface area contributed by atoms with Crippen LogP contribution >= 0.6 is 0 Å². The second kappa shape index (κ2) is 27.8. The first-order valence-corrected chi connectivity index (χ1v) is 43.5. The topological polar surface area (TPSA) is 29.2 Å². The van der Waals surface area contributed by atoms with Crippen molar-refractivity contribution in [1.29, 1.82) is 0 Å². The molecule has 12 aromatic carbocycles. The van der Waals surface area contributed by atoms with Gasteiger partial charge in [0.2, 0.25) is 0 Å². The summed E-state index contributed by atoms with van der Waals surface area (Å²) in [6.07, 6.45) is 0. The molecule has 119 heavy (non-hydrogen) atoms. The van der Waals surface area contributed by atoms with Crippen LogP contribution in [0.2, 0.25) is 0 Å². The van der Waals surface area contributed by atoms with Crippen molar-refractivity contribution in [3.05, 3.63) is 299 Å². The van der Waals surface area contributed by atoms with Gasteiger partial charge in [-0.2, -0.15) is 0 Å². The number of hydrogen-bond donors (Lipinski definition) is 0. The van der Waals surface area contributed by atoms with Crippen LogP contribution < -0.4 is 26.2 Å². The van der Waals surface area contributed by atoms with Gasteiger partial charge >= 0.3 is 0 Å².